The van der Waals surface area contributed by atoms with Crippen LogP contribution in [0.3, 0.4) is 0 Å². The second-order valence-corrected chi connectivity index (χ2v) is 10.2. The number of rotatable bonds is 10. The molecule has 17 nitrogen and oxygen atoms in total. The molecule has 6 N–H and O–H groups in total. The van der Waals surface area contributed by atoms with Crippen molar-refractivity contribution >= 4 is 40.8 Å². The van der Waals surface area contributed by atoms with Gasteiger partial charge in [-0.15, -0.1) is 9.20 Å². The molecule has 2 aromatic heterocycles. The van der Waals surface area contributed by atoms with Crippen LogP contribution in [-0.2, 0) is 41.0 Å². The van der Waals surface area contributed by atoms with E-state index in [-0.39, 0.29) is 5.82 Å². The van der Waals surface area contributed by atoms with Gasteiger partial charge in [-0.25, -0.2) is 24.4 Å². The van der Waals surface area contributed by atoms with Crippen molar-refractivity contribution in [2.24, 2.45) is 0 Å². The maximum absolute atomic E-state index is 11.8. The van der Waals surface area contributed by atoms with Crippen molar-refractivity contribution in [3.8, 4) is 0 Å². The largest absolute Gasteiger partial charge is 0.708 e. The van der Waals surface area contributed by atoms with E-state index in [1.54, 1.807) is 12.3 Å². The molecule has 1 aliphatic rings. The van der Waals surface area contributed by atoms with Gasteiger partial charge in [0.2, 0.25) is 0 Å². The van der Waals surface area contributed by atoms with E-state index >= 15 is 0 Å². The lowest BCUT2D eigenvalue weighted by molar-refractivity contribution is -0.157. The van der Waals surface area contributed by atoms with Crippen LogP contribution in [0.4, 0.5) is 5.82 Å². The van der Waals surface area contributed by atoms with Gasteiger partial charge in [0.05, 0.1) is 5.39 Å². The Morgan fingerprint density at radius 1 is 1.31 bits per heavy atom. The predicted molar refractivity (Wildman–Crippen MR) is 102 cm³/mol. The van der Waals surface area contributed by atoms with Crippen molar-refractivity contribution in [3.05, 3.63) is 18.6 Å². The van der Waals surface area contributed by atoms with Crippen LogP contribution in [0.5, 0.6) is 0 Å². The quantitative estimate of drug-likeness (QED) is 0.165. The summed E-state index contributed by atoms with van der Waals surface area (Å²) >= 11 is 0. The number of nitrogens with two attached hydrogens (primary N) is 1. The van der Waals surface area contributed by atoms with Gasteiger partial charge >= 0.3 is 23.9 Å². The maximum atomic E-state index is 11.8. The van der Waals surface area contributed by atoms with Crippen LogP contribution in [0, 0.1) is 0 Å². The van der Waals surface area contributed by atoms with Crippen molar-refractivity contribution in [1.29, 1.82) is 0 Å². The summed E-state index contributed by atoms with van der Waals surface area (Å²) in [6.07, 6.45) is -1.46. The molecule has 32 heavy (non-hydrogen) atoms. The van der Waals surface area contributed by atoms with Crippen LogP contribution in [0.2, 0.25) is 0 Å². The number of nitrogen functional groups attached to an aromatic ring is 1. The Bertz CT molecular complexity index is 1080. The van der Waals surface area contributed by atoms with E-state index in [9.17, 15) is 23.7 Å². The van der Waals surface area contributed by atoms with Gasteiger partial charge in [-0.1, -0.05) is 0 Å². The third-order valence-corrected chi connectivity index (χ3v) is 7.80. The van der Waals surface area contributed by atoms with Crippen molar-refractivity contribution in [1.82, 2.24) is 14.5 Å². The molecule has 0 spiro atoms. The predicted octanol–water partition coefficient (Wildman–Crippen LogP) is 0.684. The highest BCUT2D eigenvalue weighted by Gasteiger charge is 2.49. The molecule has 3 heterocycles. The molecule has 1 aliphatic heterocycles. The number of nitrogens with zero attached hydrogens (tertiary/aromatic N) is 3. The molecule has 3 unspecified atom stereocenters. The third-order valence-electron chi connectivity index (χ3n) is 4.22. The van der Waals surface area contributed by atoms with E-state index < -0.39 is 55.0 Å². The van der Waals surface area contributed by atoms with Crippen LogP contribution >= 0.6 is 23.9 Å². The molecule has 1 fully saturated rings. The van der Waals surface area contributed by atoms with Gasteiger partial charge in [0, 0.05) is 17.9 Å². The maximum Gasteiger partial charge on any atom is 0.708 e. The lowest BCUT2D eigenvalue weighted by Gasteiger charge is -2.20. The van der Waals surface area contributed by atoms with E-state index in [0.717, 1.165) is 0 Å². The Labute approximate surface area is 179 Å². The molecular weight excluding hydrogens is 501 g/mol. The second kappa shape index (κ2) is 9.83. The first-order chi connectivity index (χ1) is 15.0. The van der Waals surface area contributed by atoms with Gasteiger partial charge in [-0.3, -0.25) is 4.89 Å². The van der Waals surface area contributed by atoms with Crippen molar-refractivity contribution in [2.45, 2.75) is 24.5 Å². The number of hydrogen-bond donors (Lipinski definition) is 5. The lowest BCUT2D eigenvalue weighted by atomic mass is 10.1. The van der Waals surface area contributed by atoms with Crippen LogP contribution in [0.15, 0.2) is 18.6 Å². The SMILES string of the molecule is CO[C@@H]1[C@H](O)[C@@H](CO[P+](=O)OP(=O)(O)OP(=O)(O)OO)O[C@H]1n1ccc2c(N)ncnc21. The molecular formula is C12H18N4O13P3+. The fraction of sp³-hybridized carbons (Fsp3) is 0.500. The molecule has 0 aromatic carbocycles. The molecule has 178 valence electrons. The minimum absolute atomic E-state index is 0.227. The summed E-state index contributed by atoms with van der Waals surface area (Å²) in [4.78, 5) is 26.1. The number of fused-ring (bicyclic) bond motifs is 1. The molecule has 2 aromatic rings. The number of hydrogen-bond acceptors (Lipinski definition) is 14. The Balaban J connectivity index is 1.67. The van der Waals surface area contributed by atoms with Crippen LogP contribution in [-0.4, -0.2) is 66.7 Å². The van der Waals surface area contributed by atoms with E-state index in [2.05, 4.69) is 23.3 Å². The number of aliphatic hydroxyl groups is 1. The molecule has 3 rings (SSSR count). The zero-order valence-corrected chi connectivity index (χ0v) is 18.7. The first kappa shape index (κ1) is 25.2. The minimum atomic E-state index is -5.43. The highest BCUT2D eigenvalue weighted by molar-refractivity contribution is 7.64. The molecule has 0 aliphatic carbocycles. The number of anilines is 1. The zero-order chi connectivity index (χ0) is 23.7. The highest BCUT2D eigenvalue weighted by Crippen LogP contribution is 2.63. The number of aliphatic hydroxyl groups excluding tert-OH is 1. The van der Waals surface area contributed by atoms with Gasteiger partial charge < -0.3 is 29.8 Å². The summed E-state index contributed by atoms with van der Waals surface area (Å²) < 4.78 is 62.2. The number of methoxy groups -OCH3 is 1. The summed E-state index contributed by atoms with van der Waals surface area (Å²) in [5.74, 6) is 0.227. The van der Waals surface area contributed by atoms with E-state index in [1.165, 1.54) is 18.0 Å². The number of phosphoric acid groups is 2. The first-order valence-corrected chi connectivity index (χ1v) is 12.5. The zero-order valence-electron chi connectivity index (χ0n) is 16.0. The van der Waals surface area contributed by atoms with Crippen LogP contribution < -0.4 is 5.73 Å². The molecule has 0 bridgehead atoms. The molecule has 0 radical (unpaired) electrons. The molecule has 7 atom stereocenters. The van der Waals surface area contributed by atoms with Crippen molar-refractivity contribution < 1.29 is 61.1 Å². The Kier molecular flexibility index (Phi) is 7.74. The standard InChI is InChI=1S/C12H17N4O13P3/c1-24-9-8(17)7(4-25-30(19)28-32(22,23)29-31(20,21)27-18)26-12(9)16-3-2-6-10(13)14-5-15-11(6)16/h2-3,5,7-9,12,17H,4H2,1H3,(H4-,13,14,15,18,20,21,22,23)/p+1/t7-,8-,9-,12-/m1/s1. The minimum Gasteiger partial charge on any atom is -0.387 e. The fourth-order valence-corrected chi connectivity index (χ4v) is 5.61. The van der Waals surface area contributed by atoms with Crippen molar-refractivity contribution in [3.63, 3.8) is 0 Å². The Morgan fingerprint density at radius 2 is 2.03 bits per heavy atom. The molecule has 20 heteroatoms. The molecule has 1 saturated heterocycles. The summed E-state index contributed by atoms with van der Waals surface area (Å²) in [5, 5.41) is 19.1. The molecule has 0 amide bonds. The topological polar surface area (TPSA) is 244 Å². The van der Waals surface area contributed by atoms with Crippen molar-refractivity contribution in [2.75, 3.05) is 19.5 Å². The average Bonchev–Trinajstić information content (AvgIpc) is 3.26. The summed E-state index contributed by atoms with van der Waals surface area (Å²) in [7, 11) is -12.9. The summed E-state index contributed by atoms with van der Waals surface area (Å²) in [6.45, 7) is -0.615. The van der Waals surface area contributed by atoms with Crippen LogP contribution in [0.25, 0.3) is 11.0 Å². The fourth-order valence-electron chi connectivity index (χ4n) is 2.93. The Morgan fingerprint density at radius 3 is 2.69 bits per heavy atom. The second-order valence-electron chi connectivity index (χ2n) is 6.18. The van der Waals surface area contributed by atoms with E-state index in [1.807, 2.05) is 0 Å². The normalized spacial score (nSPS) is 27.8. The summed E-state index contributed by atoms with van der Waals surface area (Å²) in [6, 6.07) is 1.64. The number of ether oxygens (including phenoxy) is 2. The monoisotopic (exact) mass is 519 g/mol. The Hall–Kier alpha value is -1.42. The van der Waals surface area contributed by atoms with Gasteiger partial charge in [0.15, 0.2) is 6.23 Å². The van der Waals surface area contributed by atoms with E-state index in [4.69, 9.17) is 29.9 Å². The van der Waals surface area contributed by atoms with E-state index in [0.29, 0.717) is 11.0 Å². The van der Waals surface area contributed by atoms with Gasteiger partial charge in [-0.05, 0) is 10.4 Å². The lowest BCUT2D eigenvalue weighted by Crippen LogP contribution is -2.34. The third kappa shape index (κ3) is 5.55. The van der Waals surface area contributed by atoms with Gasteiger partial charge in [0.1, 0.15) is 42.7 Å². The van der Waals surface area contributed by atoms with Gasteiger partial charge in [0.25, 0.3) is 0 Å². The molecule has 0 saturated carbocycles. The highest BCUT2D eigenvalue weighted by atomic mass is 31.3. The summed E-state index contributed by atoms with van der Waals surface area (Å²) in [5.41, 5.74) is 6.20. The average molecular weight is 519 g/mol. The van der Waals surface area contributed by atoms with Crippen LogP contribution in [0.1, 0.15) is 6.23 Å². The smallest absolute Gasteiger partial charge is 0.387 e. The first-order valence-electron chi connectivity index (χ1n) is 8.41. The number of aromatic nitrogens is 3. The van der Waals surface area contributed by atoms with Gasteiger partial charge in [-0.2, -0.15) is 4.31 Å².